The Morgan fingerprint density at radius 3 is 2.50 bits per heavy atom. The van der Waals surface area contributed by atoms with Crippen LogP contribution in [0.2, 0.25) is 0 Å². The quantitative estimate of drug-likeness (QED) is 0.805. The van der Waals surface area contributed by atoms with E-state index in [9.17, 15) is 9.90 Å². The monoisotopic (exact) mass is 303 g/mol. The second-order valence-corrected chi connectivity index (χ2v) is 5.19. The van der Waals surface area contributed by atoms with E-state index < -0.39 is 0 Å². The maximum atomic E-state index is 11.9. The van der Waals surface area contributed by atoms with Gasteiger partial charge in [0.1, 0.15) is 0 Å². The number of H-pyrrole nitrogens is 1. The van der Waals surface area contributed by atoms with Gasteiger partial charge >= 0.3 is 0 Å². The molecule has 0 saturated carbocycles. The lowest BCUT2D eigenvalue weighted by Crippen LogP contribution is -2.23. The first-order valence-electron chi connectivity index (χ1n) is 6.84. The number of methoxy groups -OCH3 is 2. The van der Waals surface area contributed by atoms with Gasteiger partial charge in [0.05, 0.1) is 14.2 Å². The van der Waals surface area contributed by atoms with Crippen molar-refractivity contribution in [3.63, 3.8) is 0 Å². The summed E-state index contributed by atoms with van der Waals surface area (Å²) in [6.45, 7) is 1.91. The summed E-state index contributed by atoms with van der Waals surface area (Å²) in [5.74, 6) is 0.829. The van der Waals surface area contributed by atoms with Gasteiger partial charge in [-0.2, -0.15) is 5.10 Å². The van der Waals surface area contributed by atoms with Crippen LogP contribution in [0.15, 0.2) is 12.1 Å². The highest BCUT2D eigenvalue weighted by atomic mass is 16.5. The van der Waals surface area contributed by atoms with Crippen LogP contribution < -0.4 is 14.8 Å². The predicted molar refractivity (Wildman–Crippen MR) is 79.6 cm³/mol. The van der Waals surface area contributed by atoms with Gasteiger partial charge < -0.3 is 19.9 Å². The van der Waals surface area contributed by atoms with Gasteiger partial charge in [-0.25, -0.2) is 0 Å². The zero-order valence-electron chi connectivity index (χ0n) is 12.6. The van der Waals surface area contributed by atoms with Crippen molar-refractivity contribution in [3.05, 3.63) is 29.0 Å². The van der Waals surface area contributed by atoms with Crippen molar-refractivity contribution in [2.45, 2.75) is 19.3 Å². The molecule has 1 aromatic carbocycles. The molecule has 7 nitrogen and oxygen atoms in total. The summed E-state index contributed by atoms with van der Waals surface area (Å²) in [5, 5.41) is 19.8. The number of carbonyl (C=O) groups is 1. The lowest BCUT2D eigenvalue weighted by Gasteiger charge is -2.24. The third kappa shape index (κ3) is 2.14. The number of amides is 1. The van der Waals surface area contributed by atoms with Gasteiger partial charge in [0.15, 0.2) is 17.3 Å². The summed E-state index contributed by atoms with van der Waals surface area (Å²) in [5.41, 5.74) is 2.66. The van der Waals surface area contributed by atoms with Crippen LogP contribution >= 0.6 is 0 Å². The van der Waals surface area contributed by atoms with Crippen molar-refractivity contribution in [2.24, 2.45) is 0 Å². The van der Waals surface area contributed by atoms with E-state index in [-0.39, 0.29) is 17.6 Å². The van der Waals surface area contributed by atoms with E-state index in [0.29, 0.717) is 23.7 Å². The van der Waals surface area contributed by atoms with E-state index in [4.69, 9.17) is 9.47 Å². The number of fused-ring (bicyclic) bond motifs is 1. The topological polar surface area (TPSA) is 96.5 Å². The summed E-state index contributed by atoms with van der Waals surface area (Å²) in [6, 6.07) is 3.44. The fourth-order valence-electron chi connectivity index (χ4n) is 2.83. The maximum absolute atomic E-state index is 11.9. The molecule has 1 unspecified atom stereocenters. The zero-order valence-corrected chi connectivity index (χ0v) is 12.6. The van der Waals surface area contributed by atoms with Gasteiger partial charge in [-0.3, -0.25) is 9.89 Å². The zero-order chi connectivity index (χ0) is 15.9. The van der Waals surface area contributed by atoms with E-state index in [1.165, 1.54) is 14.2 Å². The molecule has 116 valence electrons. The number of ether oxygens (including phenoxy) is 2. The molecule has 22 heavy (non-hydrogen) atoms. The summed E-state index contributed by atoms with van der Waals surface area (Å²) in [6.07, 6.45) is 0.296. The normalized spacial score (nSPS) is 16.9. The second kappa shape index (κ2) is 5.25. The van der Waals surface area contributed by atoms with Crippen LogP contribution in [-0.2, 0) is 4.79 Å². The minimum Gasteiger partial charge on any atom is -0.502 e. The number of nitrogens with one attached hydrogen (secondary N) is 2. The Kier molecular flexibility index (Phi) is 3.40. The molecule has 0 saturated heterocycles. The fraction of sp³-hybridized carbons (Fsp3) is 0.333. The van der Waals surface area contributed by atoms with Crippen LogP contribution in [0.1, 0.15) is 29.2 Å². The van der Waals surface area contributed by atoms with Crippen molar-refractivity contribution in [1.29, 1.82) is 0 Å². The number of benzene rings is 1. The standard InChI is InChI=1S/C15H17N3O4/c1-7-13-9(6-12(19)16-15(13)18-17-7)8-4-10(21-2)14(20)11(5-8)22-3/h4-5,9,20H,6H2,1-3H3,(H2,16,17,18,19). The maximum Gasteiger partial charge on any atom is 0.226 e. The largest absolute Gasteiger partial charge is 0.502 e. The number of aromatic nitrogens is 2. The number of hydrogen-bond donors (Lipinski definition) is 3. The van der Waals surface area contributed by atoms with Crippen LogP contribution in [0.3, 0.4) is 0 Å². The molecule has 0 aliphatic carbocycles. The van der Waals surface area contributed by atoms with Crippen LogP contribution in [0.25, 0.3) is 0 Å². The van der Waals surface area contributed by atoms with Gasteiger partial charge in [0.25, 0.3) is 0 Å². The number of aryl methyl sites for hydroxylation is 1. The van der Waals surface area contributed by atoms with Gasteiger partial charge in [0, 0.05) is 23.6 Å². The van der Waals surface area contributed by atoms with Gasteiger partial charge in [-0.15, -0.1) is 0 Å². The molecule has 1 aromatic heterocycles. The average molecular weight is 303 g/mol. The Bertz CT molecular complexity index is 713. The Morgan fingerprint density at radius 1 is 1.27 bits per heavy atom. The van der Waals surface area contributed by atoms with E-state index >= 15 is 0 Å². The first kappa shape index (κ1) is 14.2. The Hall–Kier alpha value is -2.70. The summed E-state index contributed by atoms with van der Waals surface area (Å²) in [4.78, 5) is 11.9. The molecule has 3 rings (SSSR count). The summed E-state index contributed by atoms with van der Waals surface area (Å²) < 4.78 is 10.4. The first-order valence-corrected chi connectivity index (χ1v) is 6.84. The lowest BCUT2D eigenvalue weighted by molar-refractivity contribution is -0.116. The summed E-state index contributed by atoms with van der Waals surface area (Å²) >= 11 is 0. The number of aromatic amines is 1. The minimum atomic E-state index is -0.175. The van der Waals surface area contributed by atoms with E-state index in [1.54, 1.807) is 12.1 Å². The fourth-order valence-corrected chi connectivity index (χ4v) is 2.83. The summed E-state index contributed by atoms with van der Waals surface area (Å²) in [7, 11) is 2.95. The highest BCUT2D eigenvalue weighted by Crippen LogP contribution is 2.44. The predicted octanol–water partition coefficient (Wildman–Crippen LogP) is 1.92. The molecule has 0 bridgehead atoms. The number of carbonyl (C=O) groups excluding carboxylic acids is 1. The first-order chi connectivity index (χ1) is 10.5. The number of aromatic hydroxyl groups is 1. The van der Waals surface area contributed by atoms with Crippen LogP contribution in [0.5, 0.6) is 17.2 Å². The number of anilines is 1. The van der Waals surface area contributed by atoms with E-state index in [1.807, 2.05) is 6.92 Å². The molecule has 0 radical (unpaired) electrons. The Morgan fingerprint density at radius 2 is 1.91 bits per heavy atom. The molecule has 1 aliphatic rings. The number of nitrogens with zero attached hydrogens (tertiary/aromatic N) is 1. The SMILES string of the molecule is COc1cc(C2CC(=O)Nc3n[nH]c(C)c32)cc(OC)c1O. The third-order valence-corrected chi connectivity index (χ3v) is 3.89. The molecule has 2 aromatic rings. The molecule has 1 aliphatic heterocycles. The van der Waals surface area contributed by atoms with Crippen LogP contribution in [0, 0.1) is 6.92 Å². The number of phenolic OH excluding ortho intramolecular Hbond substituents is 1. The van der Waals surface area contributed by atoms with E-state index in [0.717, 1.165) is 16.8 Å². The highest BCUT2D eigenvalue weighted by molar-refractivity contribution is 5.94. The van der Waals surface area contributed by atoms with Crippen molar-refractivity contribution in [2.75, 3.05) is 19.5 Å². The number of rotatable bonds is 3. The third-order valence-electron chi connectivity index (χ3n) is 3.89. The molecule has 0 fully saturated rings. The minimum absolute atomic E-state index is 0.0573. The van der Waals surface area contributed by atoms with Gasteiger partial charge in [-0.1, -0.05) is 0 Å². The Labute approximate surface area is 127 Å². The molecule has 1 amide bonds. The molecular formula is C15H17N3O4. The highest BCUT2D eigenvalue weighted by Gasteiger charge is 2.31. The van der Waals surface area contributed by atoms with Crippen molar-refractivity contribution in [1.82, 2.24) is 10.2 Å². The molecule has 2 heterocycles. The average Bonchev–Trinajstić information content (AvgIpc) is 2.88. The molecule has 0 spiro atoms. The van der Waals surface area contributed by atoms with Crippen LogP contribution in [0.4, 0.5) is 5.82 Å². The smallest absolute Gasteiger partial charge is 0.226 e. The molecular weight excluding hydrogens is 286 g/mol. The van der Waals surface area contributed by atoms with Crippen molar-refractivity contribution >= 4 is 11.7 Å². The van der Waals surface area contributed by atoms with Crippen molar-refractivity contribution < 1.29 is 19.4 Å². The lowest BCUT2D eigenvalue weighted by atomic mass is 9.85. The second-order valence-electron chi connectivity index (χ2n) is 5.19. The molecule has 1 atom stereocenters. The van der Waals surface area contributed by atoms with Crippen molar-refractivity contribution in [3.8, 4) is 17.2 Å². The van der Waals surface area contributed by atoms with Gasteiger partial charge in [0.2, 0.25) is 11.7 Å². The molecule has 7 heteroatoms. The number of hydrogen-bond acceptors (Lipinski definition) is 5. The molecule has 3 N–H and O–H groups in total. The van der Waals surface area contributed by atoms with Crippen LogP contribution in [-0.4, -0.2) is 35.4 Å². The Balaban J connectivity index is 2.15. The number of phenols is 1. The van der Waals surface area contributed by atoms with E-state index in [2.05, 4.69) is 15.5 Å². The van der Waals surface area contributed by atoms with Gasteiger partial charge in [-0.05, 0) is 24.6 Å².